The molecule has 0 saturated carbocycles. The van der Waals surface area contributed by atoms with Crippen LogP contribution in [0, 0.1) is 15.9 Å². The van der Waals surface area contributed by atoms with Gasteiger partial charge in [0, 0.05) is 31.8 Å². The predicted molar refractivity (Wildman–Crippen MR) is 112 cm³/mol. The Labute approximate surface area is 183 Å². The maximum absolute atomic E-state index is 13.6. The van der Waals surface area contributed by atoms with E-state index in [1.54, 1.807) is 6.07 Å². The summed E-state index contributed by atoms with van der Waals surface area (Å²) < 4.78 is 53.4. The van der Waals surface area contributed by atoms with E-state index >= 15 is 0 Å². The van der Waals surface area contributed by atoms with Gasteiger partial charge in [-0.1, -0.05) is 0 Å². The third-order valence-corrected chi connectivity index (χ3v) is 7.09. The number of hydrogen-bond acceptors (Lipinski definition) is 7. The van der Waals surface area contributed by atoms with Gasteiger partial charge in [-0.05, 0) is 31.2 Å². The Morgan fingerprint density at radius 3 is 2.66 bits per heavy atom. The van der Waals surface area contributed by atoms with E-state index < -0.39 is 20.8 Å². The fourth-order valence-electron chi connectivity index (χ4n) is 3.62. The summed E-state index contributed by atoms with van der Waals surface area (Å²) >= 11 is 0. The van der Waals surface area contributed by atoms with Gasteiger partial charge in [0.05, 0.1) is 34.1 Å². The summed E-state index contributed by atoms with van der Waals surface area (Å²) in [6.45, 7) is 3.51. The summed E-state index contributed by atoms with van der Waals surface area (Å²) in [5.41, 5.74) is 0.791. The van der Waals surface area contributed by atoms with Crippen molar-refractivity contribution in [3.05, 3.63) is 58.2 Å². The third kappa shape index (κ3) is 4.16. The Hall–Kier alpha value is -3.09. The standard InChI is InChI=1S/C20H21FN4O6S/c1-2-24-17-6-4-15(32(28,29)23-7-9-30-10-8-23)12-16(17)22-20(24)13-31-19-11-14(21)3-5-18(19)25(26)27/h3-6,11-12H,2,7-10,13H2,1H3. The molecule has 0 bridgehead atoms. The van der Waals surface area contributed by atoms with E-state index in [4.69, 9.17) is 9.47 Å². The first-order valence-electron chi connectivity index (χ1n) is 9.95. The lowest BCUT2D eigenvalue weighted by molar-refractivity contribution is -0.386. The van der Waals surface area contributed by atoms with Gasteiger partial charge >= 0.3 is 5.69 Å². The maximum atomic E-state index is 13.6. The molecular weight excluding hydrogens is 443 g/mol. The van der Waals surface area contributed by atoms with Crippen LogP contribution in [0.2, 0.25) is 0 Å². The van der Waals surface area contributed by atoms with E-state index in [-0.39, 0.29) is 36.0 Å². The number of aromatic nitrogens is 2. The van der Waals surface area contributed by atoms with E-state index in [2.05, 4.69) is 4.98 Å². The first kappa shape index (κ1) is 22.1. The van der Waals surface area contributed by atoms with E-state index in [1.165, 1.54) is 16.4 Å². The topological polar surface area (TPSA) is 117 Å². The quantitative estimate of drug-likeness (QED) is 0.390. The highest BCUT2D eigenvalue weighted by Gasteiger charge is 2.27. The van der Waals surface area contributed by atoms with Gasteiger partial charge < -0.3 is 14.0 Å². The van der Waals surface area contributed by atoms with Crippen molar-refractivity contribution in [1.29, 1.82) is 0 Å². The van der Waals surface area contributed by atoms with Crippen LogP contribution in [0.5, 0.6) is 5.75 Å². The molecule has 0 spiro atoms. The summed E-state index contributed by atoms with van der Waals surface area (Å²) in [6, 6.07) is 7.68. The van der Waals surface area contributed by atoms with E-state index in [9.17, 15) is 22.9 Å². The fourth-order valence-corrected chi connectivity index (χ4v) is 5.04. The second-order valence-electron chi connectivity index (χ2n) is 7.10. The lowest BCUT2D eigenvalue weighted by atomic mass is 10.3. The van der Waals surface area contributed by atoms with Crippen LogP contribution in [0.3, 0.4) is 0 Å². The Morgan fingerprint density at radius 1 is 1.22 bits per heavy atom. The molecule has 0 radical (unpaired) electrons. The minimum absolute atomic E-state index is 0.126. The molecule has 1 aliphatic heterocycles. The molecule has 0 atom stereocenters. The molecule has 0 unspecified atom stereocenters. The molecule has 32 heavy (non-hydrogen) atoms. The van der Waals surface area contributed by atoms with Gasteiger partial charge in [-0.15, -0.1) is 0 Å². The average molecular weight is 464 g/mol. The fraction of sp³-hybridized carbons (Fsp3) is 0.350. The number of nitrogens with zero attached hydrogens (tertiary/aromatic N) is 4. The summed E-state index contributed by atoms with van der Waals surface area (Å²) in [5, 5.41) is 11.2. The minimum Gasteiger partial charge on any atom is -0.479 e. The summed E-state index contributed by atoms with van der Waals surface area (Å²) in [7, 11) is -3.68. The Bertz CT molecular complexity index is 1270. The van der Waals surface area contributed by atoms with Crippen LogP contribution in [0.4, 0.5) is 10.1 Å². The number of hydrogen-bond donors (Lipinski definition) is 0. The van der Waals surface area contributed by atoms with Crippen LogP contribution < -0.4 is 4.74 Å². The largest absolute Gasteiger partial charge is 0.479 e. The molecule has 2 aromatic carbocycles. The van der Waals surface area contributed by atoms with Gasteiger partial charge in [0.15, 0.2) is 5.75 Å². The normalized spacial score (nSPS) is 15.2. The number of nitro groups is 1. The molecule has 1 fully saturated rings. The monoisotopic (exact) mass is 464 g/mol. The van der Waals surface area contributed by atoms with Crippen LogP contribution in [0.25, 0.3) is 11.0 Å². The zero-order valence-corrected chi connectivity index (χ0v) is 18.0. The zero-order chi connectivity index (χ0) is 22.9. The van der Waals surface area contributed by atoms with Crippen LogP contribution >= 0.6 is 0 Å². The number of ether oxygens (including phenoxy) is 2. The highest BCUT2D eigenvalue weighted by Crippen LogP contribution is 2.29. The van der Waals surface area contributed by atoms with Crippen molar-refractivity contribution in [2.24, 2.45) is 0 Å². The van der Waals surface area contributed by atoms with Gasteiger partial charge in [-0.2, -0.15) is 4.31 Å². The molecule has 10 nitrogen and oxygen atoms in total. The lowest BCUT2D eigenvalue weighted by Gasteiger charge is -2.26. The molecule has 0 N–H and O–H groups in total. The molecule has 170 valence electrons. The smallest absolute Gasteiger partial charge is 0.311 e. The van der Waals surface area contributed by atoms with Crippen molar-refractivity contribution in [1.82, 2.24) is 13.9 Å². The van der Waals surface area contributed by atoms with Gasteiger partial charge in [-0.25, -0.2) is 17.8 Å². The predicted octanol–water partition coefficient (Wildman–Crippen LogP) is 2.70. The first-order valence-corrected chi connectivity index (χ1v) is 11.4. The molecule has 0 amide bonds. The molecule has 4 rings (SSSR count). The van der Waals surface area contributed by atoms with E-state index in [1.807, 2.05) is 11.5 Å². The molecule has 1 aliphatic rings. The average Bonchev–Trinajstić information content (AvgIpc) is 3.14. The van der Waals surface area contributed by atoms with Crippen LogP contribution in [-0.4, -0.2) is 53.5 Å². The highest BCUT2D eigenvalue weighted by atomic mass is 32.2. The summed E-state index contributed by atoms with van der Waals surface area (Å²) in [6.07, 6.45) is 0. The second kappa shape index (κ2) is 8.81. The molecular formula is C20H21FN4O6S. The maximum Gasteiger partial charge on any atom is 0.311 e. The van der Waals surface area contributed by atoms with Crippen molar-refractivity contribution >= 4 is 26.7 Å². The third-order valence-electron chi connectivity index (χ3n) is 5.20. The molecule has 1 aromatic heterocycles. The number of rotatable bonds is 7. The van der Waals surface area contributed by atoms with Crippen molar-refractivity contribution in [3.8, 4) is 5.75 Å². The van der Waals surface area contributed by atoms with Crippen LogP contribution in [0.15, 0.2) is 41.3 Å². The summed E-state index contributed by atoms with van der Waals surface area (Å²) in [4.78, 5) is 15.1. The minimum atomic E-state index is -3.68. The Kier molecular flexibility index (Phi) is 6.09. The Balaban J connectivity index is 1.65. The number of fused-ring (bicyclic) bond motifs is 1. The van der Waals surface area contributed by atoms with E-state index in [0.717, 1.165) is 18.2 Å². The number of sulfonamides is 1. The second-order valence-corrected chi connectivity index (χ2v) is 9.04. The van der Waals surface area contributed by atoms with Gasteiger partial charge in [0.1, 0.15) is 18.2 Å². The van der Waals surface area contributed by atoms with Crippen LogP contribution in [-0.2, 0) is 27.9 Å². The number of imidazole rings is 1. The molecule has 3 aromatic rings. The number of benzene rings is 2. The lowest BCUT2D eigenvalue weighted by Crippen LogP contribution is -2.40. The molecule has 2 heterocycles. The number of halogens is 1. The molecule has 12 heteroatoms. The van der Waals surface area contributed by atoms with Gasteiger partial charge in [0.2, 0.25) is 10.0 Å². The SMILES string of the molecule is CCn1c(COc2cc(F)ccc2[N+](=O)[O-])nc2cc(S(=O)(=O)N3CCOCC3)ccc21. The highest BCUT2D eigenvalue weighted by molar-refractivity contribution is 7.89. The van der Waals surface area contributed by atoms with E-state index in [0.29, 0.717) is 36.6 Å². The van der Waals surface area contributed by atoms with Crippen LogP contribution in [0.1, 0.15) is 12.7 Å². The van der Waals surface area contributed by atoms with Crippen molar-refractivity contribution < 1.29 is 27.2 Å². The zero-order valence-electron chi connectivity index (χ0n) is 17.2. The molecule has 0 aliphatic carbocycles. The summed E-state index contributed by atoms with van der Waals surface area (Å²) in [5.74, 6) is -0.435. The molecule has 1 saturated heterocycles. The first-order chi connectivity index (χ1) is 15.3. The van der Waals surface area contributed by atoms with Gasteiger partial charge in [0.25, 0.3) is 0 Å². The number of morpholine rings is 1. The van der Waals surface area contributed by atoms with Crippen molar-refractivity contribution in [2.75, 3.05) is 26.3 Å². The number of nitro benzene ring substituents is 1. The Morgan fingerprint density at radius 2 is 1.97 bits per heavy atom. The van der Waals surface area contributed by atoms with Crippen molar-refractivity contribution in [3.63, 3.8) is 0 Å². The number of aryl methyl sites for hydroxylation is 1. The van der Waals surface area contributed by atoms with Crippen molar-refractivity contribution in [2.45, 2.75) is 25.0 Å². The van der Waals surface area contributed by atoms with Gasteiger partial charge in [-0.3, -0.25) is 10.1 Å².